The van der Waals surface area contributed by atoms with Crippen LogP contribution in [0.1, 0.15) is 81.2 Å². The van der Waals surface area contributed by atoms with E-state index in [4.69, 9.17) is 4.98 Å². The van der Waals surface area contributed by atoms with E-state index in [0.29, 0.717) is 34.0 Å². The largest absolute Gasteiger partial charge is 0.481 e. The van der Waals surface area contributed by atoms with Crippen molar-refractivity contribution in [1.82, 2.24) is 10.3 Å². The lowest BCUT2D eigenvalue weighted by atomic mass is 9.80. The monoisotopic (exact) mass is 582 g/mol. The molecule has 2 N–H and O–H groups in total. The summed E-state index contributed by atoms with van der Waals surface area (Å²) in [6.07, 6.45) is 7.58. The van der Waals surface area contributed by atoms with E-state index in [-0.39, 0.29) is 23.1 Å². The van der Waals surface area contributed by atoms with Crippen LogP contribution in [0.2, 0.25) is 0 Å². The van der Waals surface area contributed by atoms with Gasteiger partial charge < -0.3 is 10.4 Å². The molecule has 0 saturated heterocycles. The fourth-order valence-electron chi connectivity index (χ4n) is 6.04. The zero-order valence-corrected chi connectivity index (χ0v) is 25.0. The van der Waals surface area contributed by atoms with Gasteiger partial charge in [-0.3, -0.25) is 9.59 Å². The number of amides is 1. The SMILES string of the molecule is CC(C)(C)CS(=O)(=O)c1ccc(-c2sc(C(=O)N[C@H]3C[C@H](C(=O)O)C3)nc2CC2CCCCC2)c2ccccc12. The second-order valence-electron chi connectivity index (χ2n) is 12.7. The average Bonchev–Trinajstić information content (AvgIpc) is 3.27. The molecule has 2 aliphatic carbocycles. The molecule has 40 heavy (non-hydrogen) atoms. The van der Waals surface area contributed by atoms with Gasteiger partial charge in [0.2, 0.25) is 0 Å². The van der Waals surface area contributed by atoms with Gasteiger partial charge in [0.1, 0.15) is 0 Å². The Morgan fingerprint density at radius 1 is 1.02 bits per heavy atom. The molecule has 2 aliphatic rings. The van der Waals surface area contributed by atoms with Crippen molar-refractivity contribution in [2.75, 3.05) is 5.75 Å². The fourth-order valence-corrected chi connectivity index (χ4v) is 9.15. The Hall–Kier alpha value is -2.78. The van der Waals surface area contributed by atoms with Crippen LogP contribution in [0.4, 0.5) is 0 Å². The maximum Gasteiger partial charge on any atom is 0.306 e. The summed E-state index contributed by atoms with van der Waals surface area (Å²) < 4.78 is 26.9. The normalized spacial score (nSPS) is 20.3. The van der Waals surface area contributed by atoms with E-state index < -0.39 is 21.7 Å². The van der Waals surface area contributed by atoms with Crippen LogP contribution in [0.5, 0.6) is 0 Å². The number of fused-ring (bicyclic) bond motifs is 1. The van der Waals surface area contributed by atoms with Crippen LogP contribution in [-0.2, 0) is 21.1 Å². The number of carbonyl (C=O) groups is 2. The van der Waals surface area contributed by atoms with Crippen molar-refractivity contribution in [1.29, 1.82) is 0 Å². The molecule has 0 radical (unpaired) electrons. The third kappa shape index (κ3) is 6.25. The predicted octanol–water partition coefficient (Wildman–Crippen LogP) is 6.50. The van der Waals surface area contributed by atoms with Crippen molar-refractivity contribution >= 4 is 43.8 Å². The minimum Gasteiger partial charge on any atom is -0.481 e. The highest BCUT2D eigenvalue weighted by Crippen LogP contribution is 2.41. The molecule has 0 aliphatic heterocycles. The van der Waals surface area contributed by atoms with Gasteiger partial charge in [0.05, 0.1) is 27.1 Å². The van der Waals surface area contributed by atoms with Crippen molar-refractivity contribution in [2.45, 2.75) is 83.1 Å². The lowest BCUT2D eigenvalue weighted by Crippen LogP contribution is -2.46. The van der Waals surface area contributed by atoms with E-state index in [1.807, 2.05) is 51.1 Å². The van der Waals surface area contributed by atoms with E-state index in [2.05, 4.69) is 5.32 Å². The van der Waals surface area contributed by atoms with Crippen molar-refractivity contribution < 1.29 is 23.1 Å². The Morgan fingerprint density at radius 2 is 1.70 bits per heavy atom. The molecule has 1 heterocycles. The van der Waals surface area contributed by atoms with Crippen LogP contribution >= 0.6 is 11.3 Å². The maximum atomic E-state index is 13.4. The summed E-state index contributed by atoms with van der Waals surface area (Å²) in [4.78, 5) is 30.5. The first-order chi connectivity index (χ1) is 18.9. The van der Waals surface area contributed by atoms with Gasteiger partial charge in [-0.2, -0.15) is 0 Å². The van der Waals surface area contributed by atoms with Gasteiger partial charge in [-0.25, -0.2) is 13.4 Å². The molecular weight excluding hydrogens is 544 g/mol. The smallest absolute Gasteiger partial charge is 0.306 e. The molecule has 9 heteroatoms. The highest BCUT2D eigenvalue weighted by atomic mass is 32.2. The molecule has 2 aromatic carbocycles. The second-order valence-corrected chi connectivity index (χ2v) is 15.6. The van der Waals surface area contributed by atoms with Crippen molar-refractivity contribution in [3.05, 3.63) is 47.1 Å². The van der Waals surface area contributed by atoms with Crippen LogP contribution in [0.3, 0.4) is 0 Å². The van der Waals surface area contributed by atoms with E-state index in [9.17, 15) is 23.1 Å². The number of nitrogens with zero attached hydrogens (tertiary/aromatic N) is 1. The summed E-state index contributed by atoms with van der Waals surface area (Å²) in [7, 11) is -3.52. The first-order valence-corrected chi connectivity index (χ1v) is 16.7. The quantitative estimate of drug-likeness (QED) is 0.314. The van der Waals surface area contributed by atoms with Crippen molar-refractivity contribution in [3.8, 4) is 10.4 Å². The third-order valence-electron chi connectivity index (χ3n) is 8.01. The van der Waals surface area contributed by atoms with Crippen LogP contribution in [0.25, 0.3) is 21.2 Å². The number of rotatable bonds is 8. The van der Waals surface area contributed by atoms with Gasteiger partial charge >= 0.3 is 5.97 Å². The van der Waals surface area contributed by atoms with Gasteiger partial charge in [0.15, 0.2) is 14.8 Å². The van der Waals surface area contributed by atoms with E-state index >= 15 is 0 Å². The van der Waals surface area contributed by atoms with Gasteiger partial charge in [0, 0.05) is 17.0 Å². The number of aliphatic carboxylic acids is 1. The molecule has 7 nitrogen and oxygen atoms in total. The number of nitrogens with one attached hydrogen (secondary N) is 1. The third-order valence-corrected chi connectivity index (χ3v) is 11.4. The summed E-state index contributed by atoms with van der Waals surface area (Å²) in [5.41, 5.74) is 1.40. The van der Waals surface area contributed by atoms with Crippen molar-refractivity contribution in [3.63, 3.8) is 0 Å². The van der Waals surface area contributed by atoms with Gasteiger partial charge in [-0.1, -0.05) is 83.2 Å². The summed E-state index contributed by atoms with van der Waals surface area (Å²) in [6, 6.07) is 11.0. The van der Waals surface area contributed by atoms with Crippen LogP contribution in [0.15, 0.2) is 41.3 Å². The fraction of sp³-hybridized carbons (Fsp3) is 0.516. The highest BCUT2D eigenvalue weighted by molar-refractivity contribution is 7.91. The maximum absolute atomic E-state index is 13.4. The molecule has 5 rings (SSSR count). The average molecular weight is 583 g/mol. The minimum atomic E-state index is -3.52. The Morgan fingerprint density at radius 3 is 2.35 bits per heavy atom. The predicted molar refractivity (Wildman–Crippen MR) is 158 cm³/mol. The molecule has 1 amide bonds. The number of aromatic nitrogens is 1. The Bertz CT molecular complexity index is 1520. The molecule has 2 saturated carbocycles. The van der Waals surface area contributed by atoms with Crippen LogP contribution < -0.4 is 5.32 Å². The van der Waals surface area contributed by atoms with Gasteiger partial charge in [0.25, 0.3) is 5.91 Å². The Kier molecular flexibility index (Phi) is 8.08. The zero-order valence-electron chi connectivity index (χ0n) is 23.4. The first kappa shape index (κ1) is 28.7. The molecule has 3 aromatic rings. The summed E-state index contributed by atoms with van der Waals surface area (Å²) >= 11 is 1.34. The number of carboxylic acid groups (broad SMARTS) is 1. The molecular formula is C31H38N2O5S2. The molecule has 0 unspecified atom stereocenters. The summed E-state index contributed by atoms with van der Waals surface area (Å²) in [5.74, 6) is -0.949. The lowest BCUT2D eigenvalue weighted by molar-refractivity contribution is -0.145. The number of hydrogen-bond acceptors (Lipinski definition) is 6. The van der Waals surface area contributed by atoms with Gasteiger partial charge in [-0.05, 0) is 42.0 Å². The zero-order chi connectivity index (χ0) is 28.7. The number of carbonyl (C=O) groups excluding carboxylic acids is 1. The number of benzene rings is 2. The van der Waals surface area contributed by atoms with Crippen LogP contribution in [-0.4, -0.2) is 42.2 Å². The molecule has 0 atom stereocenters. The minimum absolute atomic E-state index is 0.0467. The second kappa shape index (κ2) is 11.2. The number of hydrogen-bond donors (Lipinski definition) is 2. The number of thiazole rings is 1. The Balaban J connectivity index is 1.53. The number of sulfone groups is 1. The van der Waals surface area contributed by atoms with Gasteiger partial charge in [-0.15, -0.1) is 11.3 Å². The molecule has 214 valence electrons. The molecule has 0 spiro atoms. The molecule has 0 bridgehead atoms. The molecule has 1 aromatic heterocycles. The topological polar surface area (TPSA) is 113 Å². The number of carboxylic acids is 1. The standard InChI is InChI=1S/C31H38N2O5S2/c1-31(2,3)18-40(37,38)26-14-13-24(22-11-7-8-12-23(22)26)27-25(15-19-9-5-4-6-10-19)33-29(39-27)28(34)32-21-16-20(17-21)30(35)36/h7-8,11-14,19-21H,4-6,9-10,15-18H2,1-3H3,(H,32,34)(H,35,36)/t20-,21-. The van der Waals surface area contributed by atoms with E-state index in [0.717, 1.165) is 40.8 Å². The van der Waals surface area contributed by atoms with E-state index in [1.54, 1.807) is 6.07 Å². The Labute approximate surface area is 240 Å². The highest BCUT2D eigenvalue weighted by Gasteiger charge is 2.36. The first-order valence-electron chi connectivity index (χ1n) is 14.2. The summed E-state index contributed by atoms with van der Waals surface area (Å²) in [5, 5.41) is 14.0. The van der Waals surface area contributed by atoms with Crippen LogP contribution in [0, 0.1) is 17.3 Å². The summed E-state index contributed by atoms with van der Waals surface area (Å²) in [6.45, 7) is 5.77. The van der Waals surface area contributed by atoms with Crippen molar-refractivity contribution in [2.24, 2.45) is 17.3 Å². The van der Waals surface area contributed by atoms with E-state index in [1.165, 1.54) is 30.6 Å². The molecule has 2 fully saturated rings. The lowest BCUT2D eigenvalue weighted by Gasteiger charge is -2.32.